The Labute approximate surface area is 174 Å². The number of carbonyl (C=O) groups is 3. The fraction of sp³-hybridized carbons (Fsp3) is 0.227. The predicted octanol–water partition coefficient (Wildman–Crippen LogP) is 3.73. The first kappa shape index (κ1) is 22.2. The Bertz CT molecular complexity index is 893. The van der Waals surface area contributed by atoms with Crippen LogP contribution >= 0.6 is 11.6 Å². The van der Waals surface area contributed by atoms with Gasteiger partial charge in [-0.05, 0) is 48.2 Å². The molecule has 0 fully saturated rings. The third-order valence-corrected chi connectivity index (χ3v) is 4.27. The zero-order chi connectivity index (χ0) is 21.4. The Morgan fingerprint density at radius 2 is 1.66 bits per heavy atom. The van der Waals surface area contributed by atoms with Crippen molar-refractivity contribution < 1.29 is 19.5 Å². The number of amides is 2. The average Bonchev–Trinajstić information content (AvgIpc) is 2.68. The van der Waals surface area contributed by atoms with E-state index >= 15 is 0 Å². The Hall–Kier alpha value is -3.12. The van der Waals surface area contributed by atoms with Crippen LogP contribution in [-0.2, 0) is 9.59 Å². The highest BCUT2D eigenvalue weighted by Crippen LogP contribution is 2.13. The zero-order valence-corrected chi connectivity index (χ0v) is 16.9. The molecule has 0 unspecified atom stereocenters. The Morgan fingerprint density at radius 1 is 1.03 bits per heavy atom. The number of hydrogen-bond donors (Lipinski definition) is 3. The van der Waals surface area contributed by atoms with Crippen molar-refractivity contribution in [3.05, 3.63) is 76.4 Å². The second kappa shape index (κ2) is 10.4. The average molecular weight is 415 g/mol. The van der Waals surface area contributed by atoms with Crippen LogP contribution in [0.4, 0.5) is 0 Å². The maximum atomic E-state index is 12.8. The van der Waals surface area contributed by atoms with Crippen LogP contribution in [0.5, 0.6) is 0 Å². The van der Waals surface area contributed by atoms with Gasteiger partial charge in [0, 0.05) is 10.6 Å². The summed E-state index contributed by atoms with van der Waals surface area (Å²) in [4.78, 5) is 36.8. The van der Waals surface area contributed by atoms with E-state index in [0.29, 0.717) is 16.1 Å². The molecule has 0 aromatic heterocycles. The van der Waals surface area contributed by atoms with E-state index in [1.54, 1.807) is 54.6 Å². The largest absolute Gasteiger partial charge is 0.480 e. The maximum Gasteiger partial charge on any atom is 0.326 e. The molecule has 1 atom stereocenters. The summed E-state index contributed by atoms with van der Waals surface area (Å²) in [5.41, 5.74) is 0.944. The Morgan fingerprint density at radius 3 is 2.21 bits per heavy atom. The van der Waals surface area contributed by atoms with E-state index in [-0.39, 0.29) is 18.0 Å². The van der Waals surface area contributed by atoms with E-state index in [2.05, 4.69) is 10.6 Å². The van der Waals surface area contributed by atoms with Crippen LogP contribution in [0.25, 0.3) is 6.08 Å². The van der Waals surface area contributed by atoms with Gasteiger partial charge in [0.25, 0.3) is 11.8 Å². The molecule has 0 spiro atoms. The summed E-state index contributed by atoms with van der Waals surface area (Å²) >= 11 is 5.89. The fourth-order valence-corrected chi connectivity index (χ4v) is 2.72. The molecule has 29 heavy (non-hydrogen) atoms. The monoisotopic (exact) mass is 414 g/mol. The van der Waals surface area contributed by atoms with Crippen LogP contribution in [-0.4, -0.2) is 28.9 Å². The van der Waals surface area contributed by atoms with E-state index in [0.717, 1.165) is 0 Å². The third kappa shape index (κ3) is 7.08. The van der Waals surface area contributed by atoms with Crippen LogP contribution in [0.1, 0.15) is 36.2 Å². The van der Waals surface area contributed by atoms with E-state index in [1.807, 2.05) is 13.8 Å². The molecule has 6 nitrogen and oxygen atoms in total. The number of carboxylic acid groups (broad SMARTS) is 1. The summed E-state index contributed by atoms with van der Waals surface area (Å²) in [5.74, 6) is -2.22. The zero-order valence-electron chi connectivity index (χ0n) is 16.2. The van der Waals surface area contributed by atoms with E-state index in [4.69, 9.17) is 11.6 Å². The van der Waals surface area contributed by atoms with E-state index in [1.165, 1.54) is 6.08 Å². The van der Waals surface area contributed by atoms with Gasteiger partial charge in [-0.15, -0.1) is 0 Å². The highest BCUT2D eigenvalue weighted by molar-refractivity contribution is 6.30. The van der Waals surface area contributed by atoms with E-state index < -0.39 is 23.8 Å². The number of hydrogen-bond acceptors (Lipinski definition) is 3. The molecule has 0 saturated carbocycles. The molecular formula is C22H23ClN2O4. The summed E-state index contributed by atoms with van der Waals surface area (Å²) in [6.07, 6.45) is 1.74. The van der Waals surface area contributed by atoms with Crippen LogP contribution in [0.15, 0.2) is 60.3 Å². The van der Waals surface area contributed by atoms with Gasteiger partial charge in [-0.2, -0.15) is 0 Å². The second-order valence-corrected chi connectivity index (χ2v) is 7.36. The lowest BCUT2D eigenvalue weighted by Crippen LogP contribution is -2.45. The van der Waals surface area contributed by atoms with Crippen LogP contribution in [0.2, 0.25) is 5.02 Å². The van der Waals surface area contributed by atoms with Gasteiger partial charge in [0.2, 0.25) is 0 Å². The van der Waals surface area contributed by atoms with Crippen molar-refractivity contribution in [1.82, 2.24) is 10.6 Å². The first-order chi connectivity index (χ1) is 13.8. The smallest absolute Gasteiger partial charge is 0.326 e. The highest BCUT2D eigenvalue weighted by Gasteiger charge is 2.24. The van der Waals surface area contributed by atoms with Crippen LogP contribution < -0.4 is 10.6 Å². The van der Waals surface area contributed by atoms with Gasteiger partial charge in [-0.1, -0.05) is 55.8 Å². The van der Waals surface area contributed by atoms with Gasteiger partial charge in [-0.25, -0.2) is 4.79 Å². The van der Waals surface area contributed by atoms with E-state index in [9.17, 15) is 19.5 Å². The highest BCUT2D eigenvalue weighted by atomic mass is 35.5. The minimum atomic E-state index is -1.13. The molecule has 7 heteroatoms. The molecule has 0 aliphatic heterocycles. The standard InChI is InChI=1S/C22H23ClN2O4/c1-14(2)12-19(22(28)29)25-21(27)18(13-15-8-10-17(23)11-9-15)24-20(26)16-6-4-3-5-7-16/h3-11,13-14,19H,12H2,1-2H3,(H,24,26)(H,25,27)(H,28,29)/b18-13-/t19-/m0/s1. The predicted molar refractivity (Wildman–Crippen MR) is 112 cm³/mol. The van der Waals surface area contributed by atoms with Crippen molar-refractivity contribution in [2.45, 2.75) is 26.3 Å². The Kier molecular flexibility index (Phi) is 7.98. The number of benzene rings is 2. The maximum absolute atomic E-state index is 12.8. The lowest BCUT2D eigenvalue weighted by Gasteiger charge is -2.18. The first-order valence-electron chi connectivity index (χ1n) is 9.13. The molecule has 2 rings (SSSR count). The molecule has 0 saturated heterocycles. The first-order valence-corrected chi connectivity index (χ1v) is 9.51. The number of aliphatic carboxylic acids is 1. The summed E-state index contributed by atoms with van der Waals surface area (Å²) in [6, 6.07) is 14.0. The number of carbonyl (C=O) groups excluding carboxylic acids is 2. The Balaban J connectivity index is 2.30. The van der Waals surface area contributed by atoms with Crippen molar-refractivity contribution in [2.24, 2.45) is 5.92 Å². The number of halogens is 1. The molecule has 2 aromatic carbocycles. The summed E-state index contributed by atoms with van der Waals surface area (Å²) < 4.78 is 0. The van der Waals surface area contributed by atoms with Crippen LogP contribution in [0.3, 0.4) is 0 Å². The molecule has 0 aliphatic carbocycles. The van der Waals surface area contributed by atoms with Crippen molar-refractivity contribution >= 4 is 35.5 Å². The van der Waals surface area contributed by atoms with Crippen molar-refractivity contribution in [3.63, 3.8) is 0 Å². The lowest BCUT2D eigenvalue weighted by atomic mass is 10.0. The summed E-state index contributed by atoms with van der Waals surface area (Å²) in [7, 11) is 0. The minimum Gasteiger partial charge on any atom is -0.480 e. The van der Waals surface area contributed by atoms with Gasteiger partial charge in [0.1, 0.15) is 11.7 Å². The normalized spacial score (nSPS) is 12.3. The third-order valence-electron chi connectivity index (χ3n) is 4.02. The van der Waals surface area contributed by atoms with Gasteiger partial charge in [-0.3, -0.25) is 9.59 Å². The molecule has 0 bridgehead atoms. The van der Waals surface area contributed by atoms with Gasteiger partial charge < -0.3 is 15.7 Å². The molecule has 0 aliphatic rings. The molecule has 3 N–H and O–H groups in total. The molecule has 2 aromatic rings. The van der Waals surface area contributed by atoms with Gasteiger partial charge in [0.15, 0.2) is 0 Å². The van der Waals surface area contributed by atoms with Gasteiger partial charge >= 0.3 is 5.97 Å². The minimum absolute atomic E-state index is 0.0591. The number of carboxylic acids is 1. The molecule has 0 radical (unpaired) electrons. The molecule has 2 amide bonds. The molecular weight excluding hydrogens is 392 g/mol. The summed E-state index contributed by atoms with van der Waals surface area (Å²) in [5, 5.41) is 15.0. The van der Waals surface area contributed by atoms with Crippen LogP contribution in [0, 0.1) is 5.92 Å². The number of nitrogens with one attached hydrogen (secondary N) is 2. The topological polar surface area (TPSA) is 95.5 Å². The number of rotatable bonds is 8. The molecule has 152 valence electrons. The van der Waals surface area contributed by atoms with Crippen molar-refractivity contribution in [1.29, 1.82) is 0 Å². The summed E-state index contributed by atoms with van der Waals surface area (Å²) in [6.45, 7) is 3.73. The second-order valence-electron chi connectivity index (χ2n) is 6.92. The van der Waals surface area contributed by atoms with Crippen molar-refractivity contribution in [2.75, 3.05) is 0 Å². The van der Waals surface area contributed by atoms with Gasteiger partial charge in [0.05, 0.1) is 0 Å². The SMILES string of the molecule is CC(C)C[C@H](NC(=O)/C(=C/c1ccc(Cl)cc1)NC(=O)c1ccccc1)C(=O)O. The van der Waals surface area contributed by atoms with Crippen molar-refractivity contribution in [3.8, 4) is 0 Å². The fourth-order valence-electron chi connectivity index (χ4n) is 2.60. The molecule has 0 heterocycles. The quantitative estimate of drug-likeness (QED) is 0.573. The lowest BCUT2D eigenvalue weighted by molar-refractivity contribution is -0.141.